The molecule has 6 nitrogen and oxygen atoms in total. The summed E-state index contributed by atoms with van der Waals surface area (Å²) in [5.74, 6) is 5.63. The van der Waals surface area contributed by atoms with Gasteiger partial charge in [-0.25, -0.2) is 4.79 Å². The van der Waals surface area contributed by atoms with Gasteiger partial charge in [0.1, 0.15) is 6.54 Å². The van der Waals surface area contributed by atoms with E-state index in [0.29, 0.717) is 10.9 Å². The Labute approximate surface area is 192 Å². The van der Waals surface area contributed by atoms with Crippen LogP contribution in [0.3, 0.4) is 0 Å². The highest BCUT2D eigenvalue weighted by Crippen LogP contribution is 2.31. The Bertz CT molecular complexity index is 1050. The highest BCUT2D eigenvalue weighted by atomic mass is 19.4. The third kappa shape index (κ3) is 6.57. The van der Waals surface area contributed by atoms with Crippen LogP contribution in [-0.4, -0.2) is 54.0 Å². The van der Waals surface area contributed by atoms with E-state index in [-0.39, 0.29) is 11.7 Å². The standard InChI is InChI=1S/C24H31F3N4O2/c1-23(2,3)21(33-22(28)32)9-8-17-14-18-19(29-16-10-12-30(4)13-11-16)6-5-7-20(18)31(17)15-24(25,26)27/h5-7,14,16,21,29H,10-13,15H2,1-4H3,(H2,28,32). The molecule has 0 saturated carbocycles. The minimum absolute atomic E-state index is 0.197. The molecule has 1 aliphatic rings. The Kier molecular flexibility index (Phi) is 7.17. The largest absolute Gasteiger partial charge is 0.433 e. The second-order valence-electron chi connectivity index (χ2n) is 9.64. The molecule has 33 heavy (non-hydrogen) atoms. The van der Waals surface area contributed by atoms with Crippen molar-refractivity contribution in [3.8, 4) is 11.8 Å². The summed E-state index contributed by atoms with van der Waals surface area (Å²) in [4.78, 5) is 13.5. The number of carbonyl (C=O) groups is 1. The van der Waals surface area contributed by atoms with E-state index in [1.807, 2.05) is 26.8 Å². The first-order chi connectivity index (χ1) is 15.3. The highest BCUT2D eigenvalue weighted by Gasteiger charge is 2.30. The average molecular weight is 465 g/mol. The Morgan fingerprint density at radius 3 is 2.52 bits per heavy atom. The van der Waals surface area contributed by atoms with Crippen LogP contribution in [0, 0.1) is 17.3 Å². The number of likely N-dealkylation sites (tertiary alicyclic amines) is 1. The molecule has 2 heterocycles. The number of nitrogens with zero attached hydrogens (tertiary/aromatic N) is 2. The molecule has 180 valence electrons. The molecule has 2 aromatic rings. The van der Waals surface area contributed by atoms with Gasteiger partial charge in [0.05, 0.1) is 11.2 Å². The second-order valence-corrected chi connectivity index (χ2v) is 9.64. The van der Waals surface area contributed by atoms with Crippen LogP contribution >= 0.6 is 0 Å². The van der Waals surface area contributed by atoms with Crippen molar-refractivity contribution >= 4 is 22.7 Å². The first-order valence-electron chi connectivity index (χ1n) is 11.0. The van der Waals surface area contributed by atoms with E-state index < -0.39 is 30.3 Å². The maximum Gasteiger partial charge on any atom is 0.406 e. The molecule has 0 radical (unpaired) electrons. The number of fused-ring (bicyclic) bond motifs is 1. The Morgan fingerprint density at radius 1 is 1.27 bits per heavy atom. The molecule has 1 aliphatic heterocycles. The number of anilines is 1. The van der Waals surface area contributed by atoms with E-state index in [1.165, 1.54) is 0 Å². The van der Waals surface area contributed by atoms with Crippen molar-refractivity contribution in [2.24, 2.45) is 11.1 Å². The lowest BCUT2D eigenvalue weighted by Gasteiger charge is -2.30. The van der Waals surface area contributed by atoms with E-state index in [1.54, 1.807) is 18.2 Å². The molecule has 9 heteroatoms. The number of hydrogen-bond acceptors (Lipinski definition) is 4. The van der Waals surface area contributed by atoms with Crippen LogP contribution in [0.15, 0.2) is 24.3 Å². The Balaban J connectivity index is 2.03. The maximum atomic E-state index is 13.4. The van der Waals surface area contributed by atoms with Crippen LogP contribution in [0.25, 0.3) is 10.9 Å². The number of halogens is 3. The lowest BCUT2D eigenvalue weighted by atomic mass is 9.89. The third-order valence-corrected chi connectivity index (χ3v) is 5.71. The van der Waals surface area contributed by atoms with Crippen LogP contribution in [0.2, 0.25) is 0 Å². The highest BCUT2D eigenvalue weighted by molar-refractivity contribution is 5.94. The molecule has 1 aromatic heterocycles. The number of benzene rings is 1. The SMILES string of the molecule is CN1CCC(Nc2cccc3c2cc(C#CC(OC(N)=O)C(C)(C)C)n3CC(F)(F)F)CC1. The summed E-state index contributed by atoms with van der Waals surface area (Å²) in [6.45, 7) is 6.19. The van der Waals surface area contributed by atoms with Gasteiger partial charge in [-0.05, 0) is 57.1 Å². The van der Waals surface area contributed by atoms with Gasteiger partial charge in [0.25, 0.3) is 0 Å². The first kappa shape index (κ1) is 24.8. The van der Waals surface area contributed by atoms with Crippen LogP contribution in [0.1, 0.15) is 39.3 Å². The number of piperidine rings is 1. The number of primary amides is 1. The summed E-state index contributed by atoms with van der Waals surface area (Å²) in [6.07, 6.45) is -4.36. The molecule has 1 amide bonds. The predicted octanol–water partition coefficient (Wildman–Crippen LogP) is 4.57. The lowest BCUT2D eigenvalue weighted by Crippen LogP contribution is -2.36. The number of ether oxygens (including phenoxy) is 1. The van der Waals surface area contributed by atoms with E-state index in [2.05, 4.69) is 29.1 Å². The zero-order chi connectivity index (χ0) is 24.4. The van der Waals surface area contributed by atoms with Crippen molar-refractivity contribution in [3.05, 3.63) is 30.0 Å². The van der Waals surface area contributed by atoms with Crippen molar-refractivity contribution in [3.63, 3.8) is 0 Å². The quantitative estimate of drug-likeness (QED) is 0.651. The fraction of sp³-hybridized carbons (Fsp3) is 0.542. The van der Waals surface area contributed by atoms with E-state index >= 15 is 0 Å². The Hall–Kier alpha value is -2.86. The summed E-state index contributed by atoms with van der Waals surface area (Å²) in [6, 6.07) is 7.20. The number of amides is 1. The molecule has 1 aromatic carbocycles. The second kappa shape index (κ2) is 9.56. The van der Waals surface area contributed by atoms with Gasteiger partial charge in [0, 0.05) is 22.5 Å². The molecule has 1 unspecified atom stereocenters. The van der Waals surface area contributed by atoms with Gasteiger partial charge in [-0.1, -0.05) is 32.8 Å². The minimum atomic E-state index is -4.42. The Morgan fingerprint density at radius 2 is 1.94 bits per heavy atom. The molecule has 3 rings (SSSR count). The summed E-state index contributed by atoms with van der Waals surface area (Å²) in [7, 11) is 2.08. The summed E-state index contributed by atoms with van der Waals surface area (Å²) in [5, 5.41) is 4.18. The van der Waals surface area contributed by atoms with Crippen LogP contribution in [-0.2, 0) is 11.3 Å². The van der Waals surface area contributed by atoms with Gasteiger partial charge in [-0.3, -0.25) is 0 Å². The zero-order valence-electron chi connectivity index (χ0n) is 19.4. The van der Waals surface area contributed by atoms with Gasteiger partial charge >= 0.3 is 12.3 Å². The molecule has 1 fully saturated rings. The van der Waals surface area contributed by atoms with Crippen LogP contribution < -0.4 is 11.1 Å². The molecular weight excluding hydrogens is 433 g/mol. The van der Waals surface area contributed by atoms with E-state index in [9.17, 15) is 18.0 Å². The average Bonchev–Trinajstić information content (AvgIpc) is 3.03. The van der Waals surface area contributed by atoms with E-state index in [0.717, 1.165) is 36.2 Å². The molecule has 0 spiro atoms. The molecule has 3 N–H and O–H groups in total. The minimum Gasteiger partial charge on any atom is -0.433 e. The number of hydrogen-bond donors (Lipinski definition) is 2. The van der Waals surface area contributed by atoms with Crippen molar-refractivity contribution in [1.82, 2.24) is 9.47 Å². The van der Waals surface area contributed by atoms with Crippen LogP contribution in [0.5, 0.6) is 0 Å². The topological polar surface area (TPSA) is 72.5 Å². The number of nitrogens with two attached hydrogens (primary N) is 1. The number of carbonyl (C=O) groups excluding carboxylic acids is 1. The number of alkyl halides is 3. The van der Waals surface area contributed by atoms with Gasteiger partial charge in [0.2, 0.25) is 0 Å². The molecule has 1 atom stereocenters. The number of aromatic nitrogens is 1. The predicted molar refractivity (Wildman–Crippen MR) is 123 cm³/mol. The smallest absolute Gasteiger partial charge is 0.406 e. The first-order valence-corrected chi connectivity index (χ1v) is 11.0. The molecule has 0 aliphatic carbocycles. The summed E-state index contributed by atoms with van der Waals surface area (Å²) in [5.41, 5.74) is 6.01. The van der Waals surface area contributed by atoms with Crippen molar-refractivity contribution in [2.75, 3.05) is 25.5 Å². The van der Waals surface area contributed by atoms with Crippen LogP contribution in [0.4, 0.5) is 23.7 Å². The maximum absolute atomic E-state index is 13.4. The van der Waals surface area contributed by atoms with Gasteiger partial charge in [-0.15, -0.1) is 0 Å². The van der Waals surface area contributed by atoms with Crippen molar-refractivity contribution in [2.45, 2.75) is 58.5 Å². The molecule has 0 bridgehead atoms. The number of rotatable bonds is 4. The third-order valence-electron chi connectivity index (χ3n) is 5.71. The normalized spacial score (nSPS) is 16.8. The van der Waals surface area contributed by atoms with Gasteiger partial charge < -0.3 is 25.3 Å². The monoisotopic (exact) mass is 464 g/mol. The van der Waals surface area contributed by atoms with E-state index in [4.69, 9.17) is 10.5 Å². The fourth-order valence-corrected chi connectivity index (χ4v) is 3.91. The van der Waals surface area contributed by atoms with Gasteiger partial charge in [0.15, 0.2) is 6.10 Å². The van der Waals surface area contributed by atoms with Crippen molar-refractivity contribution < 1.29 is 22.7 Å². The lowest BCUT2D eigenvalue weighted by molar-refractivity contribution is -0.140. The zero-order valence-corrected chi connectivity index (χ0v) is 19.4. The fourth-order valence-electron chi connectivity index (χ4n) is 3.91. The van der Waals surface area contributed by atoms with Gasteiger partial charge in [-0.2, -0.15) is 13.2 Å². The summed E-state index contributed by atoms with van der Waals surface area (Å²) < 4.78 is 46.5. The number of nitrogens with one attached hydrogen (secondary N) is 1. The summed E-state index contributed by atoms with van der Waals surface area (Å²) >= 11 is 0. The molecule has 1 saturated heterocycles. The molecular formula is C24H31F3N4O2. The van der Waals surface area contributed by atoms with Crippen molar-refractivity contribution in [1.29, 1.82) is 0 Å².